The zero-order chi connectivity index (χ0) is 16.1. The van der Waals surface area contributed by atoms with Gasteiger partial charge in [-0.1, -0.05) is 65.2 Å². The fraction of sp³-hybridized carbons (Fsp3) is 1.00. The fourth-order valence-electron chi connectivity index (χ4n) is 3.96. The van der Waals surface area contributed by atoms with Gasteiger partial charge in [-0.25, -0.2) is 0 Å². The van der Waals surface area contributed by atoms with E-state index < -0.39 is 0 Å². The third kappa shape index (κ3) is 9.18. The van der Waals surface area contributed by atoms with Gasteiger partial charge < -0.3 is 4.48 Å². The van der Waals surface area contributed by atoms with Crippen LogP contribution in [0.25, 0.3) is 0 Å². The van der Waals surface area contributed by atoms with Gasteiger partial charge in [0.1, 0.15) is 0 Å². The summed E-state index contributed by atoms with van der Waals surface area (Å²) in [6.07, 6.45) is 20.4. The zero-order valence-corrected chi connectivity index (χ0v) is 16.0. The summed E-state index contributed by atoms with van der Waals surface area (Å²) in [5.74, 6) is 1.06. The molecule has 0 heterocycles. The van der Waals surface area contributed by atoms with Crippen LogP contribution in [0.2, 0.25) is 0 Å². The molecule has 0 aromatic rings. The predicted octanol–water partition coefficient (Wildman–Crippen LogP) is 6.56. The molecule has 1 aliphatic rings. The van der Waals surface area contributed by atoms with Gasteiger partial charge in [0.25, 0.3) is 0 Å². The molecule has 1 unspecified atom stereocenters. The minimum atomic E-state index is 1.06. The highest BCUT2D eigenvalue weighted by Gasteiger charge is 2.29. The molecule has 0 spiro atoms. The predicted molar refractivity (Wildman–Crippen MR) is 100 cm³/mol. The van der Waals surface area contributed by atoms with Crippen LogP contribution in [-0.2, 0) is 0 Å². The maximum absolute atomic E-state index is 2.55. The molecule has 0 amide bonds. The van der Waals surface area contributed by atoms with Gasteiger partial charge in [0.15, 0.2) is 0 Å². The second-order valence-corrected chi connectivity index (χ2v) is 8.23. The molecule has 0 aromatic heterocycles. The molecule has 22 heavy (non-hydrogen) atoms. The molecular formula is C21H44N+. The van der Waals surface area contributed by atoms with Gasteiger partial charge in [-0.2, -0.15) is 0 Å². The van der Waals surface area contributed by atoms with Gasteiger partial charge in [-0.05, 0) is 38.5 Å². The minimum Gasteiger partial charge on any atom is -0.326 e. The maximum atomic E-state index is 2.55. The first kappa shape index (κ1) is 20.0. The van der Waals surface area contributed by atoms with Gasteiger partial charge in [0.05, 0.1) is 26.7 Å². The molecule has 0 aliphatic heterocycles. The van der Waals surface area contributed by atoms with Crippen molar-refractivity contribution in [3.8, 4) is 0 Å². The summed E-state index contributed by atoms with van der Waals surface area (Å²) >= 11 is 0. The fourth-order valence-corrected chi connectivity index (χ4v) is 3.96. The summed E-state index contributed by atoms with van der Waals surface area (Å²) in [4.78, 5) is 0. The Morgan fingerprint density at radius 3 is 1.64 bits per heavy atom. The molecule has 0 N–H and O–H groups in total. The van der Waals surface area contributed by atoms with Gasteiger partial charge in [-0.3, -0.25) is 0 Å². The second-order valence-electron chi connectivity index (χ2n) is 8.23. The van der Waals surface area contributed by atoms with Crippen LogP contribution in [0, 0.1) is 5.92 Å². The SMILES string of the molecule is CCCCCCCCCC[N+](C)(CCCCC)CC1CCC1. The van der Waals surface area contributed by atoms with Crippen LogP contribution in [-0.4, -0.2) is 31.2 Å². The van der Waals surface area contributed by atoms with Crippen molar-refractivity contribution in [3.05, 3.63) is 0 Å². The molecule has 0 bridgehead atoms. The molecule has 1 aliphatic carbocycles. The Kier molecular flexibility index (Phi) is 11.3. The van der Waals surface area contributed by atoms with Crippen molar-refractivity contribution in [2.24, 2.45) is 5.92 Å². The number of rotatable bonds is 15. The van der Waals surface area contributed by atoms with E-state index in [1.807, 2.05) is 0 Å². The molecule has 0 saturated heterocycles. The summed E-state index contributed by atoms with van der Waals surface area (Å²) in [6.45, 7) is 8.98. The largest absolute Gasteiger partial charge is 0.326 e. The normalized spacial score (nSPS) is 18.1. The molecule has 1 saturated carbocycles. The van der Waals surface area contributed by atoms with E-state index in [-0.39, 0.29) is 0 Å². The Balaban J connectivity index is 2.13. The molecule has 1 heteroatoms. The number of hydrogen-bond acceptors (Lipinski definition) is 0. The molecule has 132 valence electrons. The van der Waals surface area contributed by atoms with E-state index in [0.717, 1.165) is 5.92 Å². The molecular weight excluding hydrogens is 266 g/mol. The topological polar surface area (TPSA) is 0 Å². The number of unbranched alkanes of at least 4 members (excludes halogenated alkanes) is 9. The van der Waals surface area contributed by atoms with E-state index in [4.69, 9.17) is 0 Å². The van der Waals surface area contributed by atoms with Crippen LogP contribution in [0.15, 0.2) is 0 Å². The lowest BCUT2D eigenvalue weighted by molar-refractivity contribution is -0.914. The van der Waals surface area contributed by atoms with E-state index in [1.54, 1.807) is 0 Å². The third-order valence-corrected chi connectivity index (χ3v) is 5.78. The quantitative estimate of drug-likeness (QED) is 0.237. The Morgan fingerprint density at radius 1 is 0.682 bits per heavy atom. The van der Waals surface area contributed by atoms with Crippen molar-refractivity contribution in [2.45, 2.75) is 104 Å². The Morgan fingerprint density at radius 2 is 1.14 bits per heavy atom. The maximum Gasteiger partial charge on any atom is 0.0813 e. The molecule has 1 nitrogen and oxygen atoms in total. The summed E-state index contributed by atoms with van der Waals surface area (Å²) in [7, 11) is 2.55. The van der Waals surface area contributed by atoms with Crippen molar-refractivity contribution in [1.82, 2.24) is 0 Å². The summed E-state index contributed by atoms with van der Waals surface area (Å²) in [6, 6.07) is 0. The first-order valence-electron chi connectivity index (χ1n) is 10.5. The Hall–Kier alpha value is -0.0400. The van der Waals surface area contributed by atoms with Crippen molar-refractivity contribution < 1.29 is 4.48 Å². The van der Waals surface area contributed by atoms with E-state index in [0.29, 0.717) is 0 Å². The van der Waals surface area contributed by atoms with Crippen molar-refractivity contribution >= 4 is 0 Å². The lowest BCUT2D eigenvalue weighted by atomic mass is 9.84. The highest BCUT2D eigenvalue weighted by atomic mass is 15.3. The molecule has 1 fully saturated rings. The molecule has 0 aromatic carbocycles. The number of nitrogens with zero attached hydrogens (tertiary/aromatic N) is 1. The summed E-state index contributed by atoms with van der Waals surface area (Å²) < 4.78 is 1.38. The van der Waals surface area contributed by atoms with Crippen LogP contribution >= 0.6 is 0 Å². The first-order chi connectivity index (χ1) is 10.7. The van der Waals surface area contributed by atoms with Gasteiger partial charge >= 0.3 is 0 Å². The van der Waals surface area contributed by atoms with Gasteiger partial charge in [-0.15, -0.1) is 0 Å². The van der Waals surface area contributed by atoms with Gasteiger partial charge in [0, 0.05) is 5.92 Å². The van der Waals surface area contributed by atoms with Gasteiger partial charge in [0.2, 0.25) is 0 Å². The second kappa shape index (κ2) is 12.4. The van der Waals surface area contributed by atoms with Crippen LogP contribution in [0.5, 0.6) is 0 Å². The van der Waals surface area contributed by atoms with Crippen molar-refractivity contribution in [1.29, 1.82) is 0 Å². The summed E-state index contributed by atoms with van der Waals surface area (Å²) in [5, 5.41) is 0. The number of hydrogen-bond donors (Lipinski definition) is 0. The van der Waals surface area contributed by atoms with Crippen LogP contribution in [0.3, 0.4) is 0 Å². The summed E-state index contributed by atoms with van der Waals surface area (Å²) in [5.41, 5.74) is 0. The van der Waals surface area contributed by atoms with E-state index >= 15 is 0 Å². The van der Waals surface area contributed by atoms with Crippen molar-refractivity contribution in [3.63, 3.8) is 0 Å². The Bertz CT molecular complexity index is 246. The van der Waals surface area contributed by atoms with E-state index in [2.05, 4.69) is 20.9 Å². The average Bonchev–Trinajstić information content (AvgIpc) is 2.46. The highest BCUT2D eigenvalue weighted by molar-refractivity contribution is 4.69. The lowest BCUT2D eigenvalue weighted by Crippen LogP contribution is -2.49. The van der Waals surface area contributed by atoms with Crippen LogP contribution in [0.1, 0.15) is 104 Å². The minimum absolute atomic E-state index is 1.06. The number of quaternary nitrogens is 1. The Labute approximate surface area is 141 Å². The van der Waals surface area contributed by atoms with Crippen LogP contribution in [0.4, 0.5) is 0 Å². The first-order valence-corrected chi connectivity index (χ1v) is 10.5. The monoisotopic (exact) mass is 310 g/mol. The van der Waals surface area contributed by atoms with E-state index in [9.17, 15) is 0 Å². The standard InChI is InChI=1S/C21H44N/c1-4-6-8-9-10-11-12-14-19-22(3,18-13-7-5-2)20-21-16-15-17-21/h21H,4-20H2,1-3H3/q+1. The lowest BCUT2D eigenvalue weighted by Gasteiger charge is -2.40. The highest BCUT2D eigenvalue weighted by Crippen LogP contribution is 2.29. The third-order valence-electron chi connectivity index (χ3n) is 5.78. The molecule has 0 radical (unpaired) electrons. The average molecular weight is 311 g/mol. The van der Waals surface area contributed by atoms with Crippen LogP contribution < -0.4 is 0 Å². The molecule has 1 rings (SSSR count). The van der Waals surface area contributed by atoms with Crippen molar-refractivity contribution in [2.75, 3.05) is 26.7 Å². The smallest absolute Gasteiger partial charge is 0.0813 e. The van der Waals surface area contributed by atoms with E-state index in [1.165, 1.54) is 114 Å². The molecule has 1 atom stereocenters. The zero-order valence-electron chi connectivity index (χ0n) is 16.0.